The Labute approximate surface area is 174 Å². The molecule has 0 saturated carbocycles. The first-order chi connectivity index (χ1) is 13.2. The zero-order valence-corrected chi connectivity index (χ0v) is 18.1. The van der Waals surface area contributed by atoms with Crippen LogP contribution in [0.1, 0.15) is 38.6 Å². The highest BCUT2D eigenvalue weighted by Crippen LogP contribution is 2.27. The first kappa shape index (κ1) is 22.2. The lowest BCUT2D eigenvalue weighted by Crippen LogP contribution is -2.23. The fourth-order valence-electron chi connectivity index (χ4n) is 2.56. The molecule has 1 heterocycles. The molecule has 0 aliphatic carbocycles. The molecule has 0 spiro atoms. The van der Waals surface area contributed by atoms with Gasteiger partial charge >= 0.3 is 0 Å². The fraction of sp³-hybridized carbons (Fsp3) is 0.474. The van der Waals surface area contributed by atoms with Crippen molar-refractivity contribution in [2.45, 2.75) is 57.5 Å². The van der Waals surface area contributed by atoms with Gasteiger partial charge < -0.3 is 15.6 Å². The van der Waals surface area contributed by atoms with Crippen LogP contribution in [0, 0.1) is 12.8 Å². The lowest BCUT2D eigenvalue weighted by atomic mass is 10.2. The van der Waals surface area contributed by atoms with Crippen LogP contribution >= 0.6 is 23.4 Å². The van der Waals surface area contributed by atoms with Crippen LogP contribution in [0.25, 0.3) is 0 Å². The average Bonchev–Trinajstić information content (AvgIpc) is 2.98. The van der Waals surface area contributed by atoms with E-state index >= 15 is 0 Å². The number of rotatable bonds is 9. The number of benzene rings is 1. The number of halogens is 1. The van der Waals surface area contributed by atoms with Crippen molar-refractivity contribution in [3.8, 4) is 0 Å². The Morgan fingerprint density at radius 3 is 2.64 bits per heavy atom. The van der Waals surface area contributed by atoms with Crippen molar-refractivity contribution >= 4 is 40.9 Å². The van der Waals surface area contributed by atoms with Crippen LogP contribution < -0.4 is 11.1 Å². The zero-order chi connectivity index (χ0) is 20.8. The number of aromatic nitrogens is 3. The summed E-state index contributed by atoms with van der Waals surface area (Å²) in [7, 11) is 0. The minimum atomic E-state index is -0.391. The molecule has 0 fully saturated rings. The van der Waals surface area contributed by atoms with E-state index in [9.17, 15) is 9.59 Å². The molecule has 2 amide bonds. The van der Waals surface area contributed by atoms with Crippen LogP contribution in [0.5, 0.6) is 0 Å². The van der Waals surface area contributed by atoms with Crippen molar-refractivity contribution in [3.63, 3.8) is 0 Å². The van der Waals surface area contributed by atoms with E-state index < -0.39 is 5.25 Å². The van der Waals surface area contributed by atoms with Crippen molar-refractivity contribution in [2.24, 2.45) is 11.7 Å². The molecule has 0 saturated heterocycles. The first-order valence-electron chi connectivity index (χ1n) is 9.12. The van der Waals surface area contributed by atoms with Crippen molar-refractivity contribution in [2.75, 3.05) is 5.32 Å². The Hall–Kier alpha value is -2.06. The zero-order valence-electron chi connectivity index (χ0n) is 16.5. The van der Waals surface area contributed by atoms with Gasteiger partial charge in [0.15, 0.2) is 5.16 Å². The van der Waals surface area contributed by atoms with Crippen LogP contribution in [0.4, 0.5) is 5.69 Å². The molecular weight excluding hydrogens is 398 g/mol. The summed E-state index contributed by atoms with van der Waals surface area (Å²) in [5.74, 6) is 0.542. The number of amides is 2. The van der Waals surface area contributed by atoms with Crippen LogP contribution in [0.15, 0.2) is 23.4 Å². The highest BCUT2D eigenvalue weighted by molar-refractivity contribution is 8.00. The van der Waals surface area contributed by atoms with Gasteiger partial charge in [-0.25, -0.2) is 0 Å². The highest BCUT2D eigenvalue weighted by atomic mass is 35.5. The van der Waals surface area contributed by atoms with Gasteiger partial charge in [0.05, 0.1) is 5.25 Å². The normalized spacial score (nSPS) is 12.2. The molecular formula is C19H26ClN5O2S. The summed E-state index contributed by atoms with van der Waals surface area (Å²) in [6, 6.07) is 5.40. The van der Waals surface area contributed by atoms with Gasteiger partial charge in [-0.05, 0) is 37.5 Å². The number of primary amides is 1. The quantitative estimate of drug-likeness (QED) is 0.601. The number of carbonyl (C=O) groups is 2. The van der Waals surface area contributed by atoms with E-state index in [1.165, 1.54) is 11.8 Å². The summed E-state index contributed by atoms with van der Waals surface area (Å²) in [6.07, 6.45) is 0.642. The summed E-state index contributed by atoms with van der Waals surface area (Å²) in [5, 5.41) is 12.2. The number of nitrogens with one attached hydrogen (secondary N) is 1. The number of hydrogen-bond donors (Lipinski definition) is 2. The van der Waals surface area contributed by atoms with Gasteiger partial charge in [0, 0.05) is 30.1 Å². The molecule has 0 aliphatic heterocycles. The maximum absolute atomic E-state index is 12.6. The number of hydrogen-bond acceptors (Lipinski definition) is 5. The summed E-state index contributed by atoms with van der Waals surface area (Å²) in [5.41, 5.74) is 6.77. The van der Waals surface area contributed by atoms with Crippen molar-refractivity contribution in [1.82, 2.24) is 14.8 Å². The molecule has 0 aliphatic rings. The van der Waals surface area contributed by atoms with Gasteiger partial charge in [0.1, 0.15) is 5.82 Å². The molecule has 1 atom stereocenters. The molecule has 0 radical (unpaired) electrons. The summed E-state index contributed by atoms with van der Waals surface area (Å²) in [4.78, 5) is 23.7. The van der Waals surface area contributed by atoms with Crippen LogP contribution in [-0.4, -0.2) is 31.8 Å². The second-order valence-corrected chi connectivity index (χ2v) is 8.75. The van der Waals surface area contributed by atoms with Crippen LogP contribution in [0.2, 0.25) is 5.02 Å². The Morgan fingerprint density at radius 1 is 1.29 bits per heavy atom. The van der Waals surface area contributed by atoms with Gasteiger partial charge in [0.25, 0.3) is 0 Å². The maximum atomic E-state index is 12.6. The lowest BCUT2D eigenvalue weighted by molar-refractivity contribution is -0.118. The van der Waals surface area contributed by atoms with Gasteiger partial charge in [-0.15, -0.1) is 10.2 Å². The summed E-state index contributed by atoms with van der Waals surface area (Å²) < 4.78 is 1.96. The second kappa shape index (κ2) is 9.93. The number of nitrogens with two attached hydrogens (primary N) is 1. The molecule has 1 aromatic heterocycles. The van der Waals surface area contributed by atoms with Gasteiger partial charge in [0.2, 0.25) is 11.8 Å². The molecule has 9 heteroatoms. The van der Waals surface area contributed by atoms with E-state index in [1.807, 2.05) is 24.5 Å². The Morgan fingerprint density at radius 2 is 2.00 bits per heavy atom. The number of aryl methyl sites for hydroxylation is 1. The SMILES string of the molecule is Cc1c(Cl)cccc1NC(=O)[C@@H](C)Sc1nnc(CCC(N)=O)n1CC(C)C. The first-order valence-corrected chi connectivity index (χ1v) is 10.4. The Balaban J connectivity index is 2.13. The summed E-state index contributed by atoms with van der Waals surface area (Å²) in [6.45, 7) is 8.55. The van der Waals surface area contributed by atoms with Crippen LogP contribution in [-0.2, 0) is 22.6 Å². The third-order valence-electron chi connectivity index (χ3n) is 4.11. The molecule has 0 unspecified atom stereocenters. The van der Waals surface area contributed by atoms with E-state index in [2.05, 4.69) is 29.4 Å². The predicted molar refractivity (Wildman–Crippen MR) is 113 cm³/mol. The molecule has 152 valence electrons. The summed E-state index contributed by atoms with van der Waals surface area (Å²) >= 11 is 7.45. The maximum Gasteiger partial charge on any atom is 0.237 e. The Bertz CT molecular complexity index is 853. The van der Waals surface area contributed by atoms with Crippen LogP contribution in [0.3, 0.4) is 0 Å². The largest absolute Gasteiger partial charge is 0.370 e. The van der Waals surface area contributed by atoms with Crippen molar-refractivity contribution < 1.29 is 9.59 Å². The molecule has 3 N–H and O–H groups in total. The predicted octanol–water partition coefficient (Wildman–Crippen LogP) is 3.43. The van der Waals surface area contributed by atoms with E-state index in [4.69, 9.17) is 17.3 Å². The highest BCUT2D eigenvalue weighted by Gasteiger charge is 2.21. The minimum absolute atomic E-state index is 0.145. The van der Waals surface area contributed by atoms with Crippen molar-refractivity contribution in [1.29, 1.82) is 0 Å². The molecule has 7 nitrogen and oxygen atoms in total. The molecule has 2 aromatic rings. The van der Waals surface area contributed by atoms with Crippen molar-refractivity contribution in [3.05, 3.63) is 34.6 Å². The average molecular weight is 424 g/mol. The third kappa shape index (κ3) is 5.97. The molecule has 1 aromatic carbocycles. The number of thioether (sulfide) groups is 1. The monoisotopic (exact) mass is 423 g/mol. The molecule has 28 heavy (non-hydrogen) atoms. The van der Waals surface area contributed by atoms with E-state index in [1.54, 1.807) is 12.1 Å². The van der Waals surface area contributed by atoms with Gasteiger partial charge in [-0.1, -0.05) is 43.3 Å². The molecule has 2 rings (SSSR count). The van der Waals surface area contributed by atoms with Gasteiger partial charge in [-0.2, -0.15) is 0 Å². The Kier molecular flexibility index (Phi) is 7.88. The minimum Gasteiger partial charge on any atom is -0.370 e. The van der Waals surface area contributed by atoms with Gasteiger partial charge in [-0.3, -0.25) is 9.59 Å². The third-order valence-corrected chi connectivity index (χ3v) is 5.60. The van der Waals surface area contributed by atoms with E-state index in [0.29, 0.717) is 40.6 Å². The second-order valence-electron chi connectivity index (χ2n) is 7.03. The topological polar surface area (TPSA) is 103 Å². The van der Waals surface area contributed by atoms with E-state index in [0.717, 1.165) is 5.56 Å². The number of anilines is 1. The number of nitrogens with zero attached hydrogens (tertiary/aromatic N) is 3. The fourth-order valence-corrected chi connectivity index (χ4v) is 3.62. The molecule has 0 bridgehead atoms. The number of carbonyl (C=O) groups excluding carboxylic acids is 2. The lowest BCUT2D eigenvalue weighted by Gasteiger charge is -2.16. The standard InChI is InChI=1S/C19H26ClN5O2S/c1-11(2)10-25-17(9-8-16(21)26)23-24-19(25)28-13(4)18(27)22-15-7-5-6-14(20)12(15)3/h5-7,11,13H,8-10H2,1-4H3,(H2,21,26)(H,22,27)/t13-/m1/s1. The van der Waals surface area contributed by atoms with E-state index in [-0.39, 0.29) is 18.2 Å². The smallest absolute Gasteiger partial charge is 0.237 e.